The van der Waals surface area contributed by atoms with E-state index in [4.69, 9.17) is 0 Å². The zero-order chi connectivity index (χ0) is 14.5. The molecule has 2 unspecified atom stereocenters. The van der Waals surface area contributed by atoms with E-state index in [-0.39, 0.29) is 0 Å². The molecule has 0 saturated heterocycles. The molecule has 0 aliphatic rings. The van der Waals surface area contributed by atoms with Crippen LogP contribution in [-0.2, 0) is 0 Å². The maximum Gasteiger partial charge on any atom is 0.0325 e. The average Bonchev–Trinajstić information content (AvgIpc) is 2.36. The summed E-state index contributed by atoms with van der Waals surface area (Å²) >= 11 is 0. The molecule has 108 valence electrons. The topological polar surface area (TPSA) is 12.0 Å². The zero-order valence-electron chi connectivity index (χ0n) is 13.6. The smallest absolute Gasteiger partial charge is 0.0325 e. The van der Waals surface area contributed by atoms with Crippen LogP contribution in [0.15, 0.2) is 24.3 Å². The maximum atomic E-state index is 3.62. The van der Waals surface area contributed by atoms with Gasteiger partial charge < -0.3 is 5.32 Å². The van der Waals surface area contributed by atoms with Crippen LogP contribution in [0.5, 0.6) is 0 Å². The van der Waals surface area contributed by atoms with Crippen LogP contribution < -0.4 is 5.32 Å². The molecule has 1 nitrogen and oxygen atoms in total. The van der Waals surface area contributed by atoms with Crippen molar-refractivity contribution in [3.63, 3.8) is 0 Å². The summed E-state index contributed by atoms with van der Waals surface area (Å²) in [5.74, 6) is 0.661. The summed E-state index contributed by atoms with van der Waals surface area (Å²) in [5.41, 5.74) is 3.23. The first-order chi connectivity index (χ1) is 8.87. The van der Waals surface area contributed by atoms with Gasteiger partial charge in [0.05, 0.1) is 0 Å². The van der Waals surface area contributed by atoms with Gasteiger partial charge in [-0.1, -0.05) is 65.8 Å². The van der Waals surface area contributed by atoms with Gasteiger partial charge in [-0.05, 0) is 41.8 Å². The first kappa shape index (κ1) is 16.2. The summed E-state index contributed by atoms with van der Waals surface area (Å²) in [7, 11) is 0. The zero-order valence-corrected chi connectivity index (χ0v) is 13.6. The average molecular weight is 261 g/mol. The summed E-state index contributed by atoms with van der Waals surface area (Å²) < 4.78 is 0. The largest absolute Gasteiger partial charge is 0.310 e. The Morgan fingerprint density at radius 1 is 1.00 bits per heavy atom. The number of nitrogens with one attached hydrogen (secondary N) is 1. The van der Waals surface area contributed by atoms with Crippen molar-refractivity contribution in [2.45, 2.75) is 66.3 Å². The maximum absolute atomic E-state index is 3.62. The van der Waals surface area contributed by atoms with Crippen LogP contribution in [0, 0.1) is 5.41 Å². The molecule has 19 heavy (non-hydrogen) atoms. The van der Waals surface area contributed by atoms with Crippen molar-refractivity contribution < 1.29 is 0 Å². The molecule has 0 aromatic heterocycles. The lowest BCUT2D eigenvalue weighted by Crippen LogP contribution is -2.25. The van der Waals surface area contributed by atoms with Crippen LogP contribution in [0.1, 0.15) is 77.5 Å². The van der Waals surface area contributed by atoms with E-state index >= 15 is 0 Å². The van der Waals surface area contributed by atoms with Crippen LogP contribution in [0.3, 0.4) is 0 Å². The Kier molecular flexibility index (Phi) is 6.06. The molecule has 1 heteroatoms. The van der Waals surface area contributed by atoms with Crippen molar-refractivity contribution >= 4 is 0 Å². The van der Waals surface area contributed by atoms with Gasteiger partial charge in [0.25, 0.3) is 0 Å². The molecule has 0 heterocycles. The van der Waals surface area contributed by atoms with Gasteiger partial charge in [-0.15, -0.1) is 0 Å². The van der Waals surface area contributed by atoms with Crippen LogP contribution in [0.4, 0.5) is 0 Å². The monoisotopic (exact) mass is 261 g/mol. The Morgan fingerprint density at radius 3 is 1.95 bits per heavy atom. The van der Waals surface area contributed by atoms with Crippen LogP contribution in [0.2, 0.25) is 0 Å². The molecular formula is C18H31N. The normalized spacial score (nSPS) is 15.3. The van der Waals surface area contributed by atoms with Gasteiger partial charge in [0, 0.05) is 6.04 Å². The highest BCUT2D eigenvalue weighted by Gasteiger charge is 2.19. The van der Waals surface area contributed by atoms with Gasteiger partial charge in [0.15, 0.2) is 0 Å². The molecule has 1 rings (SSSR count). The Morgan fingerprint density at radius 2 is 1.53 bits per heavy atom. The second kappa shape index (κ2) is 7.09. The van der Waals surface area contributed by atoms with E-state index in [1.165, 1.54) is 24.0 Å². The second-order valence-electron chi connectivity index (χ2n) is 6.85. The second-order valence-corrected chi connectivity index (χ2v) is 6.85. The van der Waals surface area contributed by atoms with Gasteiger partial charge in [-0.2, -0.15) is 0 Å². The van der Waals surface area contributed by atoms with Crippen molar-refractivity contribution in [2.24, 2.45) is 5.41 Å². The lowest BCUT2D eigenvalue weighted by Gasteiger charge is -2.27. The summed E-state index contributed by atoms with van der Waals surface area (Å²) in [6.45, 7) is 14.7. The van der Waals surface area contributed by atoms with Gasteiger partial charge in [-0.25, -0.2) is 0 Å². The first-order valence-electron chi connectivity index (χ1n) is 7.70. The molecular weight excluding hydrogens is 230 g/mol. The fourth-order valence-corrected chi connectivity index (χ4v) is 2.46. The minimum absolute atomic E-state index is 0.349. The SMILES string of the molecule is CCNC(CC(C)(C)C)c1ccc(C(C)CC)cc1. The molecule has 0 aliphatic carbocycles. The molecule has 0 bridgehead atoms. The lowest BCUT2D eigenvalue weighted by molar-refractivity contribution is 0.314. The highest BCUT2D eigenvalue weighted by Crippen LogP contribution is 2.30. The molecule has 1 aromatic rings. The molecule has 0 radical (unpaired) electrons. The van der Waals surface area contributed by atoms with E-state index in [0.717, 1.165) is 6.54 Å². The summed E-state index contributed by atoms with van der Waals surface area (Å²) in [4.78, 5) is 0. The Labute approximate surface area is 119 Å². The summed E-state index contributed by atoms with van der Waals surface area (Å²) in [6, 6.07) is 9.68. The van der Waals surface area contributed by atoms with E-state index in [9.17, 15) is 0 Å². The number of hydrogen-bond donors (Lipinski definition) is 1. The first-order valence-corrected chi connectivity index (χ1v) is 7.70. The molecule has 2 atom stereocenters. The van der Waals surface area contributed by atoms with Crippen LogP contribution in [-0.4, -0.2) is 6.54 Å². The minimum Gasteiger partial charge on any atom is -0.310 e. The van der Waals surface area contributed by atoms with Gasteiger partial charge in [-0.3, -0.25) is 0 Å². The Bertz CT molecular complexity index is 358. The van der Waals surface area contributed by atoms with E-state index in [2.05, 4.69) is 71.1 Å². The van der Waals surface area contributed by atoms with Crippen molar-refractivity contribution in [1.29, 1.82) is 0 Å². The molecule has 0 aliphatic heterocycles. The van der Waals surface area contributed by atoms with Gasteiger partial charge >= 0.3 is 0 Å². The van der Waals surface area contributed by atoms with Crippen molar-refractivity contribution in [3.8, 4) is 0 Å². The van der Waals surface area contributed by atoms with E-state index in [0.29, 0.717) is 17.4 Å². The molecule has 0 saturated carbocycles. The van der Waals surface area contributed by atoms with Crippen LogP contribution >= 0.6 is 0 Å². The fraction of sp³-hybridized carbons (Fsp3) is 0.667. The Balaban J connectivity index is 2.85. The van der Waals surface area contributed by atoms with Crippen molar-refractivity contribution in [2.75, 3.05) is 6.54 Å². The molecule has 1 aromatic carbocycles. The number of hydrogen-bond acceptors (Lipinski definition) is 1. The van der Waals surface area contributed by atoms with E-state index < -0.39 is 0 Å². The lowest BCUT2D eigenvalue weighted by atomic mass is 9.85. The Hall–Kier alpha value is -0.820. The predicted octanol–water partition coefficient (Wildman–Crippen LogP) is 5.29. The number of rotatable bonds is 6. The van der Waals surface area contributed by atoms with E-state index in [1.807, 2.05) is 0 Å². The highest BCUT2D eigenvalue weighted by atomic mass is 14.9. The predicted molar refractivity (Wildman–Crippen MR) is 85.6 cm³/mol. The molecule has 0 fully saturated rings. The summed E-state index contributed by atoms with van der Waals surface area (Å²) in [6.07, 6.45) is 2.38. The molecule has 1 N–H and O–H groups in total. The highest BCUT2D eigenvalue weighted by molar-refractivity contribution is 5.27. The van der Waals surface area contributed by atoms with Gasteiger partial charge in [0.2, 0.25) is 0 Å². The van der Waals surface area contributed by atoms with E-state index in [1.54, 1.807) is 0 Å². The third-order valence-electron chi connectivity index (χ3n) is 3.79. The third kappa shape index (κ3) is 5.36. The number of benzene rings is 1. The standard InChI is InChI=1S/C18H31N/c1-7-14(3)15-9-11-16(12-10-15)17(19-8-2)13-18(4,5)6/h9-12,14,17,19H,7-8,13H2,1-6H3. The van der Waals surface area contributed by atoms with Gasteiger partial charge in [0.1, 0.15) is 0 Å². The van der Waals surface area contributed by atoms with Crippen LogP contribution in [0.25, 0.3) is 0 Å². The van der Waals surface area contributed by atoms with Crippen molar-refractivity contribution in [1.82, 2.24) is 5.32 Å². The summed E-state index contributed by atoms with van der Waals surface area (Å²) in [5, 5.41) is 3.62. The fourth-order valence-electron chi connectivity index (χ4n) is 2.46. The molecule has 0 spiro atoms. The third-order valence-corrected chi connectivity index (χ3v) is 3.79. The minimum atomic E-state index is 0.349. The molecule has 0 amide bonds. The van der Waals surface area contributed by atoms with Crippen molar-refractivity contribution in [3.05, 3.63) is 35.4 Å². The quantitative estimate of drug-likeness (QED) is 0.734.